The minimum absolute atomic E-state index is 0.00924. The van der Waals surface area contributed by atoms with Gasteiger partial charge in [0, 0.05) is 61.3 Å². The van der Waals surface area contributed by atoms with Crippen molar-refractivity contribution in [3.05, 3.63) is 163 Å². The van der Waals surface area contributed by atoms with Crippen LogP contribution in [0.1, 0.15) is 52.7 Å². The van der Waals surface area contributed by atoms with Gasteiger partial charge in [0.25, 0.3) is 0 Å². The molecule has 6 heterocycles. The van der Waals surface area contributed by atoms with E-state index in [4.69, 9.17) is 4.42 Å². The molecule has 8 aromatic carbocycles. The first-order chi connectivity index (χ1) is 29.5. The summed E-state index contributed by atoms with van der Waals surface area (Å²) in [6.07, 6.45) is 0. The topological polar surface area (TPSA) is 21.3 Å². The van der Waals surface area contributed by atoms with Gasteiger partial charge in [-0.25, -0.2) is 0 Å². The number of benzene rings is 8. The molecule has 0 bridgehead atoms. The molecule has 0 amide bonds. The SMILES string of the molecule is CC(C)(C)c1ccc2c(c1)c1cc(C(C)(C)C)cc3c1n2B1c2cccc4c2N(c2ccccc2[Si]42c4ccccc4-c4ccccc42)c2cc4oc5ccccc5c4c-3c21. The monoisotopic (exact) mass is 798 g/mol. The van der Waals surface area contributed by atoms with Gasteiger partial charge in [0.2, 0.25) is 0 Å². The minimum Gasteiger partial charge on any atom is -0.456 e. The van der Waals surface area contributed by atoms with E-state index in [1.165, 1.54) is 115 Å². The van der Waals surface area contributed by atoms with Crippen LogP contribution < -0.4 is 36.6 Å². The molecule has 61 heavy (non-hydrogen) atoms. The summed E-state index contributed by atoms with van der Waals surface area (Å²) in [5.41, 5.74) is 19.1. The Balaban J connectivity index is 1.22. The number of hydrogen-bond acceptors (Lipinski definition) is 2. The first-order valence-corrected chi connectivity index (χ1v) is 23.9. The first-order valence-electron chi connectivity index (χ1n) is 21.9. The summed E-state index contributed by atoms with van der Waals surface area (Å²) < 4.78 is 9.74. The molecule has 1 spiro atoms. The summed E-state index contributed by atoms with van der Waals surface area (Å²) >= 11 is 0. The van der Waals surface area contributed by atoms with Crippen LogP contribution in [0.2, 0.25) is 0 Å². The van der Waals surface area contributed by atoms with Gasteiger partial charge in [-0.3, -0.25) is 0 Å². The normalized spacial score (nSPS) is 15.1. The van der Waals surface area contributed by atoms with E-state index in [0.717, 1.165) is 11.2 Å². The van der Waals surface area contributed by atoms with Gasteiger partial charge in [-0.15, -0.1) is 0 Å². The van der Waals surface area contributed by atoms with Crippen LogP contribution >= 0.6 is 0 Å². The van der Waals surface area contributed by atoms with Crippen LogP contribution in [-0.2, 0) is 10.8 Å². The van der Waals surface area contributed by atoms with Crippen molar-refractivity contribution in [2.45, 2.75) is 52.4 Å². The summed E-state index contributed by atoms with van der Waals surface area (Å²) in [5, 5.41) is 11.0. The average molecular weight is 799 g/mol. The molecule has 0 fully saturated rings. The van der Waals surface area contributed by atoms with Crippen LogP contribution in [0.25, 0.3) is 66.0 Å². The highest BCUT2D eigenvalue weighted by Crippen LogP contribution is 2.52. The Kier molecular flexibility index (Phi) is 6.18. The Morgan fingerprint density at radius 2 is 1.16 bits per heavy atom. The predicted molar refractivity (Wildman–Crippen MR) is 261 cm³/mol. The maximum absolute atomic E-state index is 6.99. The highest BCUT2D eigenvalue weighted by Gasteiger charge is 2.57. The lowest BCUT2D eigenvalue weighted by Crippen LogP contribution is -2.77. The molecule has 0 aliphatic carbocycles. The van der Waals surface area contributed by atoms with E-state index < -0.39 is 8.07 Å². The van der Waals surface area contributed by atoms with E-state index in [1.54, 1.807) is 0 Å². The third kappa shape index (κ3) is 3.98. The van der Waals surface area contributed by atoms with Crippen molar-refractivity contribution in [2.75, 3.05) is 4.90 Å². The van der Waals surface area contributed by atoms with Gasteiger partial charge < -0.3 is 13.8 Å². The van der Waals surface area contributed by atoms with Gasteiger partial charge in [0.1, 0.15) is 11.2 Å². The maximum Gasteiger partial charge on any atom is 0.333 e. The second kappa shape index (κ2) is 11.0. The molecule has 4 aliphatic rings. The van der Waals surface area contributed by atoms with Gasteiger partial charge in [0.05, 0.1) is 0 Å². The van der Waals surface area contributed by atoms with Crippen LogP contribution in [0.4, 0.5) is 17.1 Å². The molecule has 0 unspecified atom stereocenters. The number of furan rings is 1. The van der Waals surface area contributed by atoms with Gasteiger partial charge in [-0.1, -0.05) is 151 Å². The predicted octanol–water partition coefficient (Wildman–Crippen LogP) is 10.4. The molecule has 10 aromatic rings. The zero-order chi connectivity index (χ0) is 40.9. The van der Waals surface area contributed by atoms with Crippen LogP contribution in [0.3, 0.4) is 0 Å². The first kappa shape index (κ1) is 34.2. The highest BCUT2D eigenvalue weighted by atomic mass is 28.3. The Labute approximate surface area is 357 Å². The fourth-order valence-electron chi connectivity index (χ4n) is 12.2. The molecule has 14 rings (SSSR count). The number of nitrogens with zero attached hydrogens (tertiary/aromatic N) is 2. The Hall–Kier alpha value is -6.56. The van der Waals surface area contributed by atoms with Crippen LogP contribution in [-0.4, -0.2) is 19.4 Å². The van der Waals surface area contributed by atoms with E-state index in [9.17, 15) is 0 Å². The molecule has 3 nitrogen and oxygen atoms in total. The van der Waals surface area contributed by atoms with Gasteiger partial charge in [0.15, 0.2) is 8.07 Å². The lowest BCUT2D eigenvalue weighted by Gasteiger charge is -2.49. The second-order valence-electron chi connectivity index (χ2n) is 20.0. The zero-order valence-corrected chi connectivity index (χ0v) is 36.3. The van der Waals surface area contributed by atoms with Crippen LogP contribution in [0.15, 0.2) is 156 Å². The molecule has 0 atom stereocenters. The van der Waals surface area contributed by atoms with Crippen molar-refractivity contribution in [1.29, 1.82) is 0 Å². The highest BCUT2D eigenvalue weighted by molar-refractivity contribution is 7.24. The number of fused-ring (bicyclic) bond motifs is 20. The van der Waals surface area contributed by atoms with Crippen molar-refractivity contribution < 1.29 is 4.42 Å². The quantitative estimate of drug-likeness (QED) is 0.143. The molecule has 2 aromatic heterocycles. The lowest BCUT2D eigenvalue weighted by molar-refractivity contribution is 0.590. The fourth-order valence-corrected chi connectivity index (χ4v) is 17.8. The molecule has 290 valence electrons. The van der Waals surface area contributed by atoms with Crippen molar-refractivity contribution in [1.82, 2.24) is 4.48 Å². The Morgan fingerprint density at radius 3 is 1.92 bits per heavy atom. The molecule has 5 heteroatoms. The van der Waals surface area contributed by atoms with E-state index in [-0.39, 0.29) is 17.7 Å². The average Bonchev–Trinajstić information content (AvgIpc) is 3.90. The zero-order valence-electron chi connectivity index (χ0n) is 35.3. The molecular weight excluding hydrogens is 756 g/mol. The Morgan fingerprint density at radius 1 is 0.508 bits per heavy atom. The minimum atomic E-state index is -2.80. The lowest BCUT2D eigenvalue weighted by atomic mass is 9.44. The van der Waals surface area contributed by atoms with Crippen molar-refractivity contribution >= 4 is 107 Å². The number of anilines is 3. The third-order valence-electron chi connectivity index (χ3n) is 14.8. The summed E-state index contributed by atoms with van der Waals surface area (Å²) in [6.45, 7) is 14.0. The van der Waals surface area contributed by atoms with E-state index in [1.807, 2.05) is 0 Å². The van der Waals surface area contributed by atoms with Gasteiger partial charge in [-0.2, -0.15) is 0 Å². The summed E-state index contributed by atoms with van der Waals surface area (Å²) in [7, 11) is -2.80. The van der Waals surface area contributed by atoms with E-state index in [2.05, 4.69) is 203 Å². The maximum atomic E-state index is 6.99. The molecule has 0 saturated heterocycles. The van der Waals surface area contributed by atoms with E-state index >= 15 is 0 Å². The standard InChI is InChI=1S/C56H43BN2OSi/c1-55(2,3)32-26-27-41-37(28-32)38-29-33(56(4,5)6)30-39-51-50-36-18-7-11-21-44(36)60-45(50)31-43-52(51)57(59(41)53(38)39)40-19-15-25-49-54(40)58(43)42-20-10-14-24-48(42)61(49)46-22-12-8-16-34(46)35-17-9-13-23-47(35)61/h7-31H,1-6H3. The van der Waals surface area contributed by atoms with Crippen LogP contribution in [0, 0.1) is 0 Å². The Bertz CT molecular complexity index is 3600. The molecular formula is C56H43BN2OSi. The number of para-hydroxylation sites is 3. The molecule has 4 aliphatic heterocycles. The molecule has 0 N–H and O–H groups in total. The fraction of sp³-hybridized carbons (Fsp3) is 0.143. The summed E-state index contributed by atoms with van der Waals surface area (Å²) in [4.78, 5) is 2.66. The van der Waals surface area contributed by atoms with Gasteiger partial charge >= 0.3 is 6.85 Å². The number of aromatic nitrogens is 1. The van der Waals surface area contributed by atoms with Gasteiger partial charge in [-0.05, 0) is 107 Å². The molecule has 0 radical (unpaired) electrons. The van der Waals surface area contributed by atoms with Crippen molar-refractivity contribution in [3.8, 4) is 22.3 Å². The van der Waals surface area contributed by atoms with Crippen molar-refractivity contribution in [3.63, 3.8) is 0 Å². The summed E-state index contributed by atoms with van der Waals surface area (Å²) in [6, 6.07) is 58.7. The summed E-state index contributed by atoms with van der Waals surface area (Å²) in [5.74, 6) is 0. The van der Waals surface area contributed by atoms with Crippen LogP contribution in [0.5, 0.6) is 0 Å². The van der Waals surface area contributed by atoms with E-state index in [0.29, 0.717) is 0 Å². The number of rotatable bonds is 0. The second-order valence-corrected chi connectivity index (χ2v) is 23.7. The third-order valence-corrected chi connectivity index (χ3v) is 19.8. The smallest absolute Gasteiger partial charge is 0.333 e. The number of hydrogen-bond donors (Lipinski definition) is 0. The largest absolute Gasteiger partial charge is 0.456 e. The van der Waals surface area contributed by atoms with Crippen molar-refractivity contribution in [2.24, 2.45) is 0 Å². The molecule has 0 saturated carbocycles.